The number of amides is 1. The van der Waals surface area contributed by atoms with Crippen LogP contribution in [-0.4, -0.2) is 23.4 Å². The van der Waals surface area contributed by atoms with Crippen molar-refractivity contribution in [3.8, 4) is 27.6 Å². The van der Waals surface area contributed by atoms with E-state index in [4.69, 9.17) is 4.74 Å². The zero-order valence-electron chi connectivity index (χ0n) is 13.1. The van der Waals surface area contributed by atoms with E-state index < -0.39 is 4.92 Å². The number of carbonyl (C=O) groups excluding carboxylic acids is 1. The summed E-state index contributed by atoms with van der Waals surface area (Å²) in [5, 5.41) is 16.3. The molecule has 8 heteroatoms. The summed E-state index contributed by atoms with van der Waals surface area (Å²) >= 11 is 1.42. The Hall–Kier alpha value is -3.26. The van der Waals surface area contributed by atoms with Gasteiger partial charge < -0.3 is 10.1 Å². The molecular weight excluding hydrogens is 342 g/mol. The zero-order valence-corrected chi connectivity index (χ0v) is 13.9. The fourth-order valence-electron chi connectivity index (χ4n) is 2.34. The van der Waals surface area contributed by atoms with Crippen molar-refractivity contribution in [3.05, 3.63) is 58.0 Å². The predicted molar refractivity (Wildman–Crippen MR) is 95.9 cm³/mol. The minimum Gasteiger partial charge on any atom is -0.490 e. The molecule has 0 bridgehead atoms. The Kier molecular flexibility index (Phi) is 4.71. The SMILES string of the molecule is COc1ccc(-c2csc(-c3cccc(NC=O)c3)n2)cc1[N+](=O)[O-]. The number of ether oxygens (including phenoxy) is 1. The van der Waals surface area contributed by atoms with Crippen molar-refractivity contribution in [1.29, 1.82) is 0 Å². The van der Waals surface area contributed by atoms with Gasteiger partial charge in [0.15, 0.2) is 5.75 Å². The van der Waals surface area contributed by atoms with Crippen LogP contribution in [0, 0.1) is 10.1 Å². The number of nitrogens with one attached hydrogen (secondary N) is 1. The maximum atomic E-state index is 11.2. The lowest BCUT2D eigenvalue weighted by Gasteiger charge is -2.03. The standard InChI is InChI=1S/C17H13N3O4S/c1-24-16-6-5-11(8-15(16)20(22)23)14-9-25-17(19-14)12-3-2-4-13(7-12)18-10-21/h2-10H,1H3,(H,18,21). The lowest BCUT2D eigenvalue weighted by atomic mass is 10.1. The van der Waals surface area contributed by atoms with Gasteiger partial charge in [0.2, 0.25) is 6.41 Å². The number of benzene rings is 2. The second kappa shape index (κ2) is 7.10. The molecule has 0 saturated heterocycles. The number of aromatic nitrogens is 1. The van der Waals surface area contributed by atoms with Gasteiger partial charge in [0.05, 0.1) is 17.7 Å². The van der Waals surface area contributed by atoms with E-state index in [0.29, 0.717) is 23.4 Å². The molecule has 3 aromatic rings. The molecule has 3 rings (SSSR count). The number of nitro benzene ring substituents is 1. The normalized spacial score (nSPS) is 10.3. The molecule has 0 spiro atoms. The van der Waals surface area contributed by atoms with Crippen LogP contribution in [0.3, 0.4) is 0 Å². The Morgan fingerprint density at radius 1 is 1.24 bits per heavy atom. The van der Waals surface area contributed by atoms with Gasteiger partial charge in [0.25, 0.3) is 0 Å². The van der Waals surface area contributed by atoms with E-state index in [-0.39, 0.29) is 11.4 Å². The maximum Gasteiger partial charge on any atom is 0.311 e. The van der Waals surface area contributed by atoms with Crippen molar-refractivity contribution in [1.82, 2.24) is 4.98 Å². The van der Waals surface area contributed by atoms with E-state index in [2.05, 4.69) is 10.3 Å². The number of nitrogens with zero attached hydrogens (tertiary/aromatic N) is 2. The molecule has 7 nitrogen and oxygen atoms in total. The molecule has 0 radical (unpaired) electrons. The van der Waals surface area contributed by atoms with Crippen LogP contribution in [0.5, 0.6) is 5.75 Å². The lowest BCUT2D eigenvalue weighted by molar-refractivity contribution is -0.385. The number of methoxy groups -OCH3 is 1. The minimum atomic E-state index is -0.482. The highest BCUT2D eigenvalue weighted by Gasteiger charge is 2.17. The number of anilines is 1. The van der Waals surface area contributed by atoms with Crippen molar-refractivity contribution in [3.63, 3.8) is 0 Å². The molecule has 0 aliphatic carbocycles. The average Bonchev–Trinajstić information content (AvgIpc) is 3.12. The summed E-state index contributed by atoms with van der Waals surface area (Å²) in [4.78, 5) is 25.8. The summed E-state index contributed by atoms with van der Waals surface area (Å²) in [7, 11) is 1.39. The van der Waals surface area contributed by atoms with Crippen LogP contribution in [0.4, 0.5) is 11.4 Å². The number of carbonyl (C=O) groups is 1. The predicted octanol–water partition coefficient (Wildman–Crippen LogP) is 3.96. The van der Waals surface area contributed by atoms with Crippen LogP contribution in [0.15, 0.2) is 47.8 Å². The second-order valence-corrected chi connectivity index (χ2v) is 5.88. The summed E-state index contributed by atoms with van der Waals surface area (Å²) in [6.07, 6.45) is 0.614. The smallest absolute Gasteiger partial charge is 0.311 e. The number of rotatable bonds is 6. The molecule has 126 valence electrons. The number of nitro groups is 1. The van der Waals surface area contributed by atoms with E-state index in [0.717, 1.165) is 10.6 Å². The molecule has 1 aromatic heterocycles. The monoisotopic (exact) mass is 355 g/mol. The molecule has 0 aliphatic heterocycles. The number of hydrogen-bond acceptors (Lipinski definition) is 6. The fourth-order valence-corrected chi connectivity index (χ4v) is 3.17. The van der Waals surface area contributed by atoms with Gasteiger partial charge >= 0.3 is 5.69 Å². The summed E-state index contributed by atoms with van der Waals surface area (Å²) in [5.74, 6) is 0.205. The highest BCUT2D eigenvalue weighted by Crippen LogP contribution is 2.34. The van der Waals surface area contributed by atoms with Gasteiger partial charge in [-0.05, 0) is 24.3 Å². The van der Waals surface area contributed by atoms with E-state index in [1.807, 2.05) is 23.6 Å². The van der Waals surface area contributed by atoms with Crippen molar-refractivity contribution < 1.29 is 14.5 Å². The van der Waals surface area contributed by atoms with E-state index in [1.54, 1.807) is 18.2 Å². The molecule has 0 saturated carbocycles. The molecule has 0 fully saturated rings. The van der Waals surface area contributed by atoms with Gasteiger partial charge in [0.1, 0.15) is 5.01 Å². The van der Waals surface area contributed by atoms with Crippen LogP contribution in [0.1, 0.15) is 0 Å². The van der Waals surface area contributed by atoms with Crippen molar-refractivity contribution in [2.45, 2.75) is 0 Å². The third-order valence-corrected chi connectivity index (χ3v) is 4.40. The first-order chi connectivity index (χ1) is 12.1. The van der Waals surface area contributed by atoms with Crippen LogP contribution in [-0.2, 0) is 4.79 Å². The van der Waals surface area contributed by atoms with Crippen LogP contribution >= 0.6 is 11.3 Å². The first-order valence-corrected chi connectivity index (χ1v) is 8.09. The van der Waals surface area contributed by atoms with Gasteiger partial charge in [-0.2, -0.15) is 0 Å². The van der Waals surface area contributed by atoms with Crippen LogP contribution < -0.4 is 10.1 Å². The molecule has 0 unspecified atom stereocenters. The van der Waals surface area contributed by atoms with Crippen LogP contribution in [0.25, 0.3) is 21.8 Å². The Balaban J connectivity index is 1.96. The molecule has 1 N–H and O–H groups in total. The molecule has 1 heterocycles. The van der Waals surface area contributed by atoms with Crippen molar-refractivity contribution in [2.75, 3.05) is 12.4 Å². The first kappa shape index (κ1) is 16.6. The number of thiazole rings is 1. The van der Waals surface area contributed by atoms with Gasteiger partial charge in [-0.15, -0.1) is 11.3 Å². The molecular formula is C17H13N3O4S. The summed E-state index contributed by atoms with van der Waals surface area (Å²) < 4.78 is 5.01. The third-order valence-electron chi connectivity index (χ3n) is 3.51. The quantitative estimate of drug-likeness (QED) is 0.410. The van der Waals surface area contributed by atoms with Crippen molar-refractivity contribution >= 4 is 29.1 Å². The van der Waals surface area contributed by atoms with Gasteiger partial charge in [-0.1, -0.05) is 12.1 Å². The Morgan fingerprint density at radius 3 is 2.80 bits per heavy atom. The highest BCUT2D eigenvalue weighted by atomic mass is 32.1. The molecule has 0 atom stereocenters. The molecule has 2 aromatic carbocycles. The summed E-state index contributed by atoms with van der Waals surface area (Å²) in [6, 6.07) is 12.0. The fraction of sp³-hybridized carbons (Fsp3) is 0.0588. The second-order valence-electron chi connectivity index (χ2n) is 5.02. The Labute approximate surface area is 147 Å². The lowest BCUT2D eigenvalue weighted by Crippen LogP contribution is -1.94. The minimum absolute atomic E-state index is 0.105. The van der Waals surface area contributed by atoms with Crippen molar-refractivity contribution in [2.24, 2.45) is 0 Å². The topological polar surface area (TPSA) is 94.4 Å². The first-order valence-electron chi connectivity index (χ1n) is 7.21. The van der Waals surface area contributed by atoms with E-state index >= 15 is 0 Å². The summed E-state index contributed by atoms with van der Waals surface area (Å²) in [6.45, 7) is 0. The maximum absolute atomic E-state index is 11.2. The highest BCUT2D eigenvalue weighted by molar-refractivity contribution is 7.13. The van der Waals surface area contributed by atoms with Gasteiger partial charge in [-0.25, -0.2) is 4.98 Å². The zero-order chi connectivity index (χ0) is 17.8. The van der Waals surface area contributed by atoms with Gasteiger partial charge in [-0.3, -0.25) is 14.9 Å². The molecule has 1 amide bonds. The average molecular weight is 355 g/mol. The van der Waals surface area contributed by atoms with E-state index in [1.165, 1.54) is 24.5 Å². The Morgan fingerprint density at radius 2 is 2.08 bits per heavy atom. The molecule has 0 aliphatic rings. The number of hydrogen-bond donors (Lipinski definition) is 1. The largest absolute Gasteiger partial charge is 0.490 e. The third kappa shape index (κ3) is 3.48. The van der Waals surface area contributed by atoms with E-state index in [9.17, 15) is 14.9 Å². The molecule has 25 heavy (non-hydrogen) atoms. The summed E-state index contributed by atoms with van der Waals surface area (Å²) in [5.41, 5.74) is 2.69. The van der Waals surface area contributed by atoms with Crippen LogP contribution in [0.2, 0.25) is 0 Å². The Bertz CT molecular complexity index is 939. The van der Waals surface area contributed by atoms with Gasteiger partial charge in [0, 0.05) is 28.3 Å².